The second-order valence-corrected chi connectivity index (χ2v) is 10.9. The standard InChI is InChI=1S/C20H6Br4Cl2O5.2Na/c21-7-3-5-17(13(23)15(7)27)30-18-6(4-8(22)16(28)14(18)24)20(5)12-10(26)2-1-9(25)11(12)19(29)31-20;;/h1-4,27-28H;;. The zero-order valence-corrected chi connectivity index (χ0v) is 28.6. The number of carbonyl (C=O) groups is 1. The Hall–Kier alpha value is 1.03. The Bertz CT molecular complexity index is 1310. The number of benzene rings is 3. The molecule has 5 rings (SSSR count). The topological polar surface area (TPSA) is 76.0 Å². The molecular formula is C20H6Br4Cl2Na2O5. The predicted octanol–water partition coefficient (Wildman–Crippen LogP) is 7.26. The SMILES string of the molecule is O=C1OC2(c3cc(Br)c(O)c(Br)c3Oc3c2cc(Br)c(O)c3Br)c2c(Cl)ccc(Cl)c21.[Na].[Na]. The van der Waals surface area contributed by atoms with Crippen LogP contribution in [-0.2, 0) is 10.3 Å². The number of rotatable bonds is 0. The number of carbonyl (C=O) groups excluding carboxylic acids is 1. The molecule has 0 aromatic heterocycles. The van der Waals surface area contributed by atoms with Crippen molar-refractivity contribution in [2.24, 2.45) is 0 Å². The largest absolute Gasteiger partial charge is 0.505 e. The van der Waals surface area contributed by atoms with E-state index >= 15 is 0 Å². The summed E-state index contributed by atoms with van der Waals surface area (Å²) < 4.78 is 13.3. The number of phenols is 2. The summed E-state index contributed by atoms with van der Waals surface area (Å²) in [5.74, 6) is -0.519. The molecule has 2 N–H and O–H groups in total. The van der Waals surface area contributed by atoms with E-state index in [1.165, 1.54) is 6.07 Å². The van der Waals surface area contributed by atoms with Crippen molar-refractivity contribution < 1.29 is 24.5 Å². The molecular weight excluding hydrogens is 757 g/mol. The van der Waals surface area contributed by atoms with Crippen LogP contribution >= 0.6 is 86.9 Å². The van der Waals surface area contributed by atoms with E-state index in [1.54, 1.807) is 18.2 Å². The van der Waals surface area contributed by atoms with E-state index in [4.69, 9.17) is 32.7 Å². The first-order chi connectivity index (χ1) is 14.6. The second-order valence-electron chi connectivity index (χ2n) is 6.75. The average Bonchev–Trinajstić information content (AvgIpc) is 3.04. The van der Waals surface area contributed by atoms with E-state index in [-0.39, 0.29) is 107 Å². The Morgan fingerprint density at radius 1 is 0.818 bits per heavy atom. The van der Waals surface area contributed by atoms with Crippen LogP contribution in [-0.4, -0.2) is 75.3 Å². The first-order valence-corrected chi connectivity index (χ1v) is 12.3. The minimum Gasteiger partial charge on any atom is -0.505 e. The van der Waals surface area contributed by atoms with Crippen molar-refractivity contribution >= 4 is 152 Å². The summed E-state index contributed by atoms with van der Waals surface area (Å²) in [4.78, 5) is 13.1. The van der Waals surface area contributed by atoms with Gasteiger partial charge in [-0.2, -0.15) is 0 Å². The zero-order valence-electron chi connectivity index (χ0n) is 16.7. The third-order valence-electron chi connectivity index (χ3n) is 5.17. The van der Waals surface area contributed by atoms with Crippen LogP contribution in [0.15, 0.2) is 42.2 Å². The van der Waals surface area contributed by atoms with Gasteiger partial charge in [0, 0.05) is 69.7 Å². The fraction of sp³-hybridized carbons (Fsp3) is 0.0500. The van der Waals surface area contributed by atoms with Gasteiger partial charge in [-0.3, -0.25) is 0 Å². The van der Waals surface area contributed by atoms with Crippen LogP contribution in [0.5, 0.6) is 23.0 Å². The van der Waals surface area contributed by atoms with Crippen LogP contribution in [0.25, 0.3) is 0 Å². The number of phenolic OH excluding ortho intramolecular Hbond substituents is 2. The maximum Gasteiger partial charge on any atom is 0.341 e. The molecule has 0 saturated carbocycles. The monoisotopic (exact) mass is 758 g/mol. The van der Waals surface area contributed by atoms with E-state index in [2.05, 4.69) is 63.7 Å². The van der Waals surface area contributed by atoms with Crippen molar-refractivity contribution in [3.8, 4) is 23.0 Å². The van der Waals surface area contributed by atoms with Crippen molar-refractivity contribution in [1.29, 1.82) is 0 Å². The van der Waals surface area contributed by atoms with Gasteiger partial charge in [0.2, 0.25) is 0 Å². The minimum atomic E-state index is -1.56. The van der Waals surface area contributed by atoms with E-state index < -0.39 is 11.6 Å². The van der Waals surface area contributed by atoms with Gasteiger partial charge in [-0.15, -0.1) is 0 Å². The summed E-state index contributed by atoms with van der Waals surface area (Å²) in [5.41, 5.74) is -0.288. The van der Waals surface area contributed by atoms with Gasteiger partial charge in [0.25, 0.3) is 0 Å². The van der Waals surface area contributed by atoms with Crippen molar-refractivity contribution in [3.05, 3.63) is 74.5 Å². The molecule has 5 nitrogen and oxygen atoms in total. The molecule has 33 heavy (non-hydrogen) atoms. The first kappa shape index (κ1) is 28.6. The molecule has 13 heteroatoms. The van der Waals surface area contributed by atoms with Gasteiger partial charge in [0.1, 0.15) is 20.4 Å². The smallest absolute Gasteiger partial charge is 0.341 e. The van der Waals surface area contributed by atoms with E-state index in [9.17, 15) is 15.0 Å². The molecule has 2 aliphatic rings. The Morgan fingerprint density at radius 3 is 1.76 bits per heavy atom. The Morgan fingerprint density at radius 2 is 1.27 bits per heavy atom. The third kappa shape index (κ3) is 4.01. The molecule has 3 aromatic carbocycles. The third-order valence-corrected chi connectivity index (χ3v) is 8.48. The molecule has 3 aromatic rings. The Balaban J connectivity index is 0.00000153. The number of aromatic hydroxyl groups is 2. The van der Waals surface area contributed by atoms with Crippen LogP contribution in [0.2, 0.25) is 10.0 Å². The summed E-state index contributed by atoms with van der Waals surface area (Å²) >= 11 is 26.3. The van der Waals surface area contributed by atoms with Gasteiger partial charge < -0.3 is 19.7 Å². The van der Waals surface area contributed by atoms with Gasteiger partial charge >= 0.3 is 5.97 Å². The molecule has 0 bridgehead atoms. The molecule has 2 heterocycles. The number of ether oxygens (including phenoxy) is 2. The molecule has 2 radical (unpaired) electrons. The van der Waals surface area contributed by atoms with Crippen molar-refractivity contribution in [3.63, 3.8) is 0 Å². The van der Waals surface area contributed by atoms with Gasteiger partial charge in [-0.25, -0.2) is 4.79 Å². The van der Waals surface area contributed by atoms with Crippen LogP contribution in [0.4, 0.5) is 0 Å². The predicted molar refractivity (Wildman–Crippen MR) is 140 cm³/mol. The van der Waals surface area contributed by atoms with Gasteiger partial charge in [-0.1, -0.05) is 23.2 Å². The van der Waals surface area contributed by atoms with Crippen LogP contribution in [0, 0.1) is 0 Å². The molecule has 0 atom stereocenters. The molecule has 0 unspecified atom stereocenters. The van der Waals surface area contributed by atoms with Crippen molar-refractivity contribution in [2.75, 3.05) is 0 Å². The molecule has 0 fully saturated rings. The molecule has 0 saturated heterocycles. The summed E-state index contributed by atoms with van der Waals surface area (Å²) in [6, 6.07) is 6.28. The number of hydrogen-bond donors (Lipinski definition) is 2. The number of fused-ring (bicyclic) bond motifs is 6. The summed E-state index contributed by atoms with van der Waals surface area (Å²) in [6.07, 6.45) is 0. The van der Waals surface area contributed by atoms with Crippen molar-refractivity contribution in [2.45, 2.75) is 5.60 Å². The van der Waals surface area contributed by atoms with Crippen molar-refractivity contribution in [1.82, 2.24) is 0 Å². The summed E-state index contributed by atoms with van der Waals surface area (Å²) in [7, 11) is 0. The average molecular weight is 763 g/mol. The zero-order chi connectivity index (χ0) is 22.4. The van der Waals surface area contributed by atoms with Crippen LogP contribution < -0.4 is 4.74 Å². The Labute approximate surface area is 275 Å². The summed E-state index contributed by atoms with van der Waals surface area (Å²) in [6.45, 7) is 0. The quantitative estimate of drug-likeness (QED) is 0.187. The maximum absolute atomic E-state index is 13.1. The number of hydrogen-bond acceptors (Lipinski definition) is 5. The molecule has 160 valence electrons. The number of halogens is 6. The van der Waals surface area contributed by atoms with Gasteiger partial charge in [0.15, 0.2) is 17.1 Å². The maximum atomic E-state index is 13.1. The molecule has 0 aliphatic carbocycles. The molecule has 0 amide bonds. The van der Waals surface area contributed by atoms with Gasteiger partial charge in [-0.05, 0) is 88.0 Å². The Kier molecular flexibility index (Phi) is 8.72. The van der Waals surface area contributed by atoms with E-state index in [1.807, 2.05) is 0 Å². The minimum absolute atomic E-state index is 0. The molecule has 2 aliphatic heterocycles. The number of esters is 1. The fourth-order valence-electron chi connectivity index (χ4n) is 3.87. The van der Waals surface area contributed by atoms with E-state index in [0.29, 0.717) is 25.6 Å². The molecule has 1 spiro atoms. The van der Waals surface area contributed by atoms with Crippen LogP contribution in [0.1, 0.15) is 27.0 Å². The summed E-state index contributed by atoms with van der Waals surface area (Å²) in [5, 5.41) is 21.4. The normalized spacial score (nSPS) is 14.3. The van der Waals surface area contributed by atoms with Crippen LogP contribution in [0.3, 0.4) is 0 Å². The first-order valence-electron chi connectivity index (χ1n) is 8.42. The second kappa shape index (κ2) is 10.1. The van der Waals surface area contributed by atoms with Gasteiger partial charge in [0.05, 0.1) is 30.7 Å². The fourth-order valence-corrected chi connectivity index (χ4v) is 6.80. The van der Waals surface area contributed by atoms with E-state index in [0.717, 1.165) is 0 Å².